The Morgan fingerprint density at radius 2 is 1.95 bits per heavy atom. The predicted octanol–water partition coefficient (Wildman–Crippen LogP) is 4.47. The van der Waals surface area contributed by atoms with Crippen molar-refractivity contribution in [3.8, 4) is 0 Å². The summed E-state index contributed by atoms with van der Waals surface area (Å²) in [7, 11) is 0. The molecule has 0 spiro atoms. The van der Waals surface area contributed by atoms with Gasteiger partial charge < -0.3 is 10.2 Å². The van der Waals surface area contributed by atoms with Gasteiger partial charge in [0.2, 0.25) is 0 Å². The number of nitrogens with one attached hydrogen (secondary N) is 1. The van der Waals surface area contributed by atoms with Crippen molar-refractivity contribution in [2.75, 3.05) is 11.4 Å². The summed E-state index contributed by atoms with van der Waals surface area (Å²) in [5.74, 6) is 0.951. The number of halogens is 1. The minimum Gasteiger partial charge on any atom is -0.368 e. The number of benzene rings is 1. The van der Waals surface area contributed by atoms with Gasteiger partial charge >= 0.3 is 0 Å². The maximum atomic E-state index is 3.69. The minimum absolute atomic E-state index is 0.775. The van der Waals surface area contributed by atoms with Gasteiger partial charge in [-0.3, -0.25) is 0 Å². The summed E-state index contributed by atoms with van der Waals surface area (Å²) in [6, 6.07) is 8.46. The monoisotopic (exact) mass is 348 g/mol. The van der Waals surface area contributed by atoms with Crippen LogP contribution in [0.2, 0.25) is 0 Å². The number of hydrogen-bond acceptors (Lipinski definition) is 2. The molecule has 1 heterocycles. The van der Waals surface area contributed by atoms with Crippen LogP contribution in [0.1, 0.15) is 50.5 Å². The van der Waals surface area contributed by atoms with Gasteiger partial charge in [0.15, 0.2) is 0 Å². The van der Waals surface area contributed by atoms with Gasteiger partial charge in [-0.2, -0.15) is 0 Å². The first-order valence-corrected chi connectivity index (χ1v) is 9.39. The zero-order valence-corrected chi connectivity index (χ0v) is 14.2. The summed E-state index contributed by atoms with van der Waals surface area (Å²) in [5.41, 5.74) is 2.96. The molecular weight excluding hydrogens is 324 g/mol. The van der Waals surface area contributed by atoms with Crippen molar-refractivity contribution in [3.05, 3.63) is 28.2 Å². The molecule has 3 heteroatoms. The van der Waals surface area contributed by atoms with E-state index in [0.717, 1.165) is 24.5 Å². The fraction of sp³-hybridized carbons (Fsp3) is 0.667. The molecule has 2 atom stereocenters. The summed E-state index contributed by atoms with van der Waals surface area (Å²) in [4.78, 5) is 2.73. The topological polar surface area (TPSA) is 15.3 Å². The Bertz CT molecular complexity index is 512. The molecule has 1 aromatic rings. The van der Waals surface area contributed by atoms with E-state index in [9.17, 15) is 0 Å². The van der Waals surface area contributed by atoms with Crippen molar-refractivity contribution in [2.24, 2.45) is 5.92 Å². The average molecular weight is 349 g/mol. The summed E-state index contributed by atoms with van der Waals surface area (Å²) in [6.07, 6.45) is 9.82. The summed E-state index contributed by atoms with van der Waals surface area (Å²) in [6.45, 7) is 2.27. The molecule has 3 aliphatic rings. The van der Waals surface area contributed by atoms with E-state index in [0.29, 0.717) is 0 Å². The number of hydrogen-bond donors (Lipinski definition) is 1. The molecule has 21 heavy (non-hydrogen) atoms. The van der Waals surface area contributed by atoms with Crippen LogP contribution in [0.4, 0.5) is 5.69 Å². The second-order valence-corrected chi connectivity index (χ2v) is 7.94. The SMILES string of the molecule is Brc1ccc(N2CCCC3CCCC32)c(CNC2CC2)c1. The van der Waals surface area contributed by atoms with Crippen LogP contribution in [0.25, 0.3) is 0 Å². The molecule has 2 nitrogen and oxygen atoms in total. The number of fused-ring (bicyclic) bond motifs is 1. The van der Waals surface area contributed by atoms with Crippen LogP contribution in [-0.4, -0.2) is 18.6 Å². The van der Waals surface area contributed by atoms with Crippen LogP contribution in [0.5, 0.6) is 0 Å². The van der Waals surface area contributed by atoms with Crippen LogP contribution >= 0.6 is 15.9 Å². The van der Waals surface area contributed by atoms with E-state index in [4.69, 9.17) is 0 Å². The molecule has 2 aliphatic carbocycles. The Balaban J connectivity index is 1.59. The smallest absolute Gasteiger partial charge is 0.0415 e. The molecule has 0 aromatic heterocycles. The first-order valence-electron chi connectivity index (χ1n) is 8.60. The van der Waals surface area contributed by atoms with Crippen LogP contribution in [0, 0.1) is 5.92 Å². The van der Waals surface area contributed by atoms with E-state index in [1.165, 1.54) is 67.2 Å². The Labute approximate surface area is 136 Å². The fourth-order valence-electron chi connectivity index (χ4n) is 4.27. The molecule has 1 aromatic carbocycles. The molecule has 2 saturated carbocycles. The van der Waals surface area contributed by atoms with Gasteiger partial charge in [-0.05, 0) is 68.2 Å². The first kappa shape index (κ1) is 14.1. The van der Waals surface area contributed by atoms with Gasteiger partial charge in [0.05, 0.1) is 0 Å². The maximum absolute atomic E-state index is 3.69. The second-order valence-electron chi connectivity index (χ2n) is 7.02. The molecule has 1 N–H and O–H groups in total. The highest BCUT2D eigenvalue weighted by atomic mass is 79.9. The van der Waals surface area contributed by atoms with Crippen molar-refractivity contribution in [1.29, 1.82) is 0 Å². The zero-order chi connectivity index (χ0) is 14.2. The van der Waals surface area contributed by atoms with Crippen molar-refractivity contribution in [2.45, 2.75) is 63.6 Å². The zero-order valence-electron chi connectivity index (χ0n) is 12.7. The summed E-state index contributed by atoms with van der Waals surface area (Å²) < 4.78 is 1.21. The number of piperidine rings is 1. The Morgan fingerprint density at radius 1 is 1.10 bits per heavy atom. The molecule has 0 amide bonds. The largest absolute Gasteiger partial charge is 0.368 e. The standard InChI is InChI=1S/C18H25BrN2/c19-15-6-9-18(14(11-15)12-20-16-7-8-16)21-10-2-4-13-3-1-5-17(13)21/h6,9,11,13,16-17,20H,1-5,7-8,10,12H2. The lowest BCUT2D eigenvalue weighted by Crippen LogP contribution is -2.43. The number of nitrogens with zero attached hydrogens (tertiary/aromatic N) is 1. The van der Waals surface area contributed by atoms with Gasteiger partial charge in [-0.1, -0.05) is 22.4 Å². The molecule has 0 radical (unpaired) electrons. The molecular formula is C18H25BrN2. The Kier molecular flexibility index (Phi) is 3.97. The van der Waals surface area contributed by atoms with Crippen LogP contribution in [0.3, 0.4) is 0 Å². The highest BCUT2D eigenvalue weighted by Crippen LogP contribution is 2.40. The third kappa shape index (κ3) is 3.00. The summed E-state index contributed by atoms with van der Waals surface area (Å²) >= 11 is 3.65. The van der Waals surface area contributed by atoms with E-state index in [1.54, 1.807) is 0 Å². The van der Waals surface area contributed by atoms with E-state index in [1.807, 2.05) is 0 Å². The predicted molar refractivity (Wildman–Crippen MR) is 91.7 cm³/mol. The molecule has 4 rings (SSSR count). The number of rotatable bonds is 4. The van der Waals surface area contributed by atoms with Gasteiger partial charge in [0.25, 0.3) is 0 Å². The molecule has 1 aliphatic heterocycles. The van der Waals surface area contributed by atoms with Gasteiger partial charge in [-0.15, -0.1) is 0 Å². The lowest BCUT2D eigenvalue weighted by molar-refractivity contribution is 0.362. The van der Waals surface area contributed by atoms with Gasteiger partial charge in [0, 0.05) is 35.3 Å². The Morgan fingerprint density at radius 3 is 2.81 bits per heavy atom. The minimum atomic E-state index is 0.775. The lowest BCUT2D eigenvalue weighted by atomic mass is 9.91. The second kappa shape index (κ2) is 5.92. The van der Waals surface area contributed by atoms with Gasteiger partial charge in [-0.25, -0.2) is 0 Å². The number of anilines is 1. The molecule has 3 fully saturated rings. The molecule has 114 valence electrons. The van der Waals surface area contributed by atoms with E-state index in [-0.39, 0.29) is 0 Å². The molecule has 0 bridgehead atoms. The lowest BCUT2D eigenvalue weighted by Gasteiger charge is -2.40. The highest BCUT2D eigenvalue weighted by molar-refractivity contribution is 9.10. The van der Waals surface area contributed by atoms with E-state index >= 15 is 0 Å². The van der Waals surface area contributed by atoms with Crippen LogP contribution in [-0.2, 0) is 6.54 Å². The maximum Gasteiger partial charge on any atom is 0.0415 e. The van der Waals surface area contributed by atoms with Crippen LogP contribution < -0.4 is 10.2 Å². The van der Waals surface area contributed by atoms with Crippen molar-refractivity contribution >= 4 is 21.6 Å². The normalized spacial score (nSPS) is 28.7. The van der Waals surface area contributed by atoms with Crippen molar-refractivity contribution < 1.29 is 0 Å². The molecule has 1 saturated heterocycles. The van der Waals surface area contributed by atoms with Crippen LogP contribution in [0.15, 0.2) is 22.7 Å². The van der Waals surface area contributed by atoms with Crippen molar-refractivity contribution in [3.63, 3.8) is 0 Å². The van der Waals surface area contributed by atoms with Crippen molar-refractivity contribution in [1.82, 2.24) is 5.32 Å². The molecule has 2 unspecified atom stereocenters. The first-order chi connectivity index (χ1) is 10.3. The van der Waals surface area contributed by atoms with E-state index in [2.05, 4.69) is 44.3 Å². The van der Waals surface area contributed by atoms with E-state index < -0.39 is 0 Å². The average Bonchev–Trinajstić information content (AvgIpc) is 3.20. The van der Waals surface area contributed by atoms with Gasteiger partial charge in [0.1, 0.15) is 0 Å². The third-order valence-corrected chi connectivity index (χ3v) is 6.00. The quantitative estimate of drug-likeness (QED) is 0.863. The fourth-order valence-corrected chi connectivity index (χ4v) is 4.68. The Hall–Kier alpha value is -0.540. The third-order valence-electron chi connectivity index (χ3n) is 5.50. The summed E-state index contributed by atoms with van der Waals surface area (Å²) in [5, 5.41) is 3.69. The highest BCUT2D eigenvalue weighted by Gasteiger charge is 2.35.